The number of amides is 1. The second-order valence-corrected chi connectivity index (χ2v) is 8.59. The van der Waals surface area contributed by atoms with E-state index in [1.807, 2.05) is 30.5 Å². The molecule has 2 aliphatic rings. The van der Waals surface area contributed by atoms with Gasteiger partial charge in [-0.05, 0) is 75.4 Å². The van der Waals surface area contributed by atoms with Gasteiger partial charge in [-0.15, -0.1) is 0 Å². The molecule has 5 heteroatoms. The Bertz CT molecular complexity index is 822. The number of aryl methyl sites for hydroxylation is 1. The van der Waals surface area contributed by atoms with Crippen molar-refractivity contribution in [2.24, 2.45) is 0 Å². The number of carbonyl (C=O) groups is 1. The molecule has 2 saturated heterocycles. The number of fused-ring (bicyclic) bond motifs is 1. The highest BCUT2D eigenvalue weighted by Crippen LogP contribution is 2.43. The Hall–Kier alpha value is -2.43. The predicted molar refractivity (Wildman–Crippen MR) is 109 cm³/mol. The van der Waals surface area contributed by atoms with E-state index < -0.39 is 0 Å². The van der Waals surface area contributed by atoms with Gasteiger partial charge in [0.1, 0.15) is 5.82 Å². The second kappa shape index (κ2) is 7.53. The lowest BCUT2D eigenvalue weighted by atomic mass is 9.93. The molecule has 0 N–H and O–H groups in total. The van der Waals surface area contributed by atoms with Gasteiger partial charge in [0.15, 0.2) is 0 Å². The summed E-state index contributed by atoms with van der Waals surface area (Å²) < 4.78 is 13.4. The molecule has 3 heterocycles. The molecule has 0 aliphatic carbocycles. The molecule has 2 aromatic rings. The molecule has 2 aliphatic heterocycles. The molecule has 2 fully saturated rings. The zero-order valence-electron chi connectivity index (χ0n) is 16.6. The number of piperidine rings is 1. The number of hydrogen-bond donors (Lipinski definition) is 0. The highest BCUT2D eigenvalue weighted by atomic mass is 19.1. The van der Waals surface area contributed by atoms with Gasteiger partial charge in [-0.2, -0.15) is 0 Å². The van der Waals surface area contributed by atoms with E-state index in [4.69, 9.17) is 0 Å². The first kappa shape index (κ1) is 18.9. The van der Waals surface area contributed by atoms with Gasteiger partial charge in [0.25, 0.3) is 0 Å². The zero-order valence-corrected chi connectivity index (χ0v) is 16.6. The molecule has 1 aromatic carbocycles. The summed E-state index contributed by atoms with van der Waals surface area (Å²) in [4.78, 5) is 21.7. The number of aromatic nitrogens is 1. The fourth-order valence-electron chi connectivity index (χ4n) is 5.04. The first-order chi connectivity index (χ1) is 13.5. The number of halogens is 1. The summed E-state index contributed by atoms with van der Waals surface area (Å²) in [7, 11) is 0. The number of nitrogens with zero attached hydrogens (tertiary/aromatic N) is 3. The molecule has 1 amide bonds. The van der Waals surface area contributed by atoms with Gasteiger partial charge in [-0.25, -0.2) is 4.39 Å². The van der Waals surface area contributed by atoms with Gasteiger partial charge < -0.3 is 9.80 Å². The van der Waals surface area contributed by atoms with E-state index in [-0.39, 0.29) is 29.3 Å². The van der Waals surface area contributed by atoms with Crippen molar-refractivity contribution in [2.75, 3.05) is 11.4 Å². The fourth-order valence-corrected chi connectivity index (χ4v) is 5.04. The van der Waals surface area contributed by atoms with Crippen LogP contribution in [-0.4, -0.2) is 40.0 Å². The van der Waals surface area contributed by atoms with E-state index in [1.54, 1.807) is 6.20 Å². The first-order valence-electron chi connectivity index (χ1n) is 10.2. The highest BCUT2D eigenvalue weighted by Gasteiger charge is 2.50. The molecule has 0 spiro atoms. The third kappa shape index (κ3) is 3.62. The monoisotopic (exact) mass is 381 g/mol. The Balaban J connectivity index is 1.51. The minimum Gasteiger partial charge on any atom is -0.361 e. The van der Waals surface area contributed by atoms with Gasteiger partial charge in [-0.1, -0.05) is 6.07 Å². The van der Waals surface area contributed by atoms with E-state index in [0.717, 1.165) is 43.5 Å². The maximum absolute atomic E-state index is 13.4. The quantitative estimate of drug-likeness (QED) is 0.796. The Kier molecular flexibility index (Phi) is 5.09. The molecule has 4 rings (SSSR count). The topological polar surface area (TPSA) is 36.4 Å². The van der Waals surface area contributed by atoms with E-state index >= 15 is 0 Å². The third-order valence-electron chi connectivity index (χ3n) is 6.21. The molecule has 0 radical (unpaired) electrons. The van der Waals surface area contributed by atoms with Crippen molar-refractivity contribution >= 4 is 11.6 Å². The van der Waals surface area contributed by atoms with Crippen molar-refractivity contribution in [3.05, 3.63) is 60.2 Å². The molecule has 28 heavy (non-hydrogen) atoms. The number of anilines is 1. The number of benzene rings is 1. The molecule has 0 bridgehead atoms. The standard InChI is InChI=1S/C23H28FN3O/c1-23(2)15-21-20(27(23)19-10-8-18(24)9-11-19)6-4-14-26(21)22(28)12-7-17-5-3-13-25-16-17/h3,5,8-11,13,16,20-21H,4,6-7,12,14-15H2,1-2H3/t20-,21-/m0/s1. The summed E-state index contributed by atoms with van der Waals surface area (Å²) in [6.45, 7) is 5.29. The molecule has 148 valence electrons. The number of hydrogen-bond acceptors (Lipinski definition) is 3. The SMILES string of the molecule is CC1(C)C[C@H]2[C@H](CCCN2C(=O)CCc2cccnc2)N1c1ccc(F)cc1. The Morgan fingerprint density at radius 1 is 1.21 bits per heavy atom. The van der Waals surface area contributed by atoms with Crippen LogP contribution in [0.1, 0.15) is 45.1 Å². The maximum atomic E-state index is 13.4. The number of rotatable bonds is 4. The summed E-state index contributed by atoms with van der Waals surface area (Å²) in [5.74, 6) is 0.0171. The van der Waals surface area contributed by atoms with Crippen LogP contribution in [0.25, 0.3) is 0 Å². The Morgan fingerprint density at radius 2 is 2.00 bits per heavy atom. The van der Waals surface area contributed by atoms with Crippen LogP contribution in [0.4, 0.5) is 10.1 Å². The van der Waals surface area contributed by atoms with Crippen LogP contribution in [0.2, 0.25) is 0 Å². The first-order valence-corrected chi connectivity index (χ1v) is 10.2. The zero-order chi connectivity index (χ0) is 19.7. The van der Waals surface area contributed by atoms with Crippen molar-refractivity contribution in [2.45, 2.75) is 63.6 Å². The highest BCUT2D eigenvalue weighted by molar-refractivity contribution is 5.77. The van der Waals surface area contributed by atoms with Crippen LogP contribution >= 0.6 is 0 Å². The number of likely N-dealkylation sites (tertiary alicyclic amines) is 1. The minimum absolute atomic E-state index is 0.0701. The van der Waals surface area contributed by atoms with Gasteiger partial charge in [-0.3, -0.25) is 9.78 Å². The maximum Gasteiger partial charge on any atom is 0.223 e. The number of pyridine rings is 1. The van der Waals surface area contributed by atoms with Crippen LogP contribution in [0.5, 0.6) is 0 Å². The van der Waals surface area contributed by atoms with Gasteiger partial charge >= 0.3 is 0 Å². The van der Waals surface area contributed by atoms with Crippen molar-refractivity contribution in [3.63, 3.8) is 0 Å². The van der Waals surface area contributed by atoms with Crippen LogP contribution in [-0.2, 0) is 11.2 Å². The molecule has 0 saturated carbocycles. The van der Waals surface area contributed by atoms with Crippen molar-refractivity contribution in [1.82, 2.24) is 9.88 Å². The van der Waals surface area contributed by atoms with Gasteiger partial charge in [0.2, 0.25) is 5.91 Å². The average molecular weight is 381 g/mol. The summed E-state index contributed by atoms with van der Waals surface area (Å²) in [5, 5.41) is 0. The van der Waals surface area contributed by atoms with Crippen molar-refractivity contribution < 1.29 is 9.18 Å². The van der Waals surface area contributed by atoms with E-state index in [9.17, 15) is 9.18 Å². The molecule has 4 nitrogen and oxygen atoms in total. The predicted octanol–water partition coefficient (Wildman–Crippen LogP) is 4.20. The molecular weight excluding hydrogens is 353 g/mol. The summed E-state index contributed by atoms with van der Waals surface area (Å²) in [5.41, 5.74) is 2.08. The molecule has 1 aromatic heterocycles. The largest absolute Gasteiger partial charge is 0.361 e. The second-order valence-electron chi connectivity index (χ2n) is 8.59. The normalized spacial score (nSPS) is 23.5. The Labute approximate surface area is 166 Å². The summed E-state index contributed by atoms with van der Waals surface area (Å²) in [6.07, 6.45) is 7.85. The van der Waals surface area contributed by atoms with Crippen molar-refractivity contribution in [3.8, 4) is 0 Å². The summed E-state index contributed by atoms with van der Waals surface area (Å²) >= 11 is 0. The lowest BCUT2D eigenvalue weighted by Gasteiger charge is -2.42. The molecule has 0 unspecified atom stereocenters. The van der Waals surface area contributed by atoms with Gasteiger partial charge in [0, 0.05) is 36.6 Å². The fraction of sp³-hybridized carbons (Fsp3) is 0.478. The average Bonchev–Trinajstić information content (AvgIpc) is 2.97. The third-order valence-corrected chi connectivity index (χ3v) is 6.21. The smallest absolute Gasteiger partial charge is 0.223 e. The van der Waals surface area contributed by atoms with Crippen LogP contribution in [0.3, 0.4) is 0 Å². The lowest BCUT2D eigenvalue weighted by molar-refractivity contribution is -0.134. The van der Waals surface area contributed by atoms with E-state index in [1.165, 1.54) is 12.1 Å². The minimum atomic E-state index is -0.215. The van der Waals surface area contributed by atoms with E-state index in [2.05, 4.69) is 28.6 Å². The Morgan fingerprint density at radius 3 is 2.71 bits per heavy atom. The van der Waals surface area contributed by atoms with Crippen LogP contribution in [0, 0.1) is 5.82 Å². The lowest BCUT2D eigenvalue weighted by Crippen LogP contribution is -2.52. The van der Waals surface area contributed by atoms with E-state index in [0.29, 0.717) is 6.42 Å². The van der Waals surface area contributed by atoms with Crippen molar-refractivity contribution in [1.29, 1.82) is 0 Å². The molecular formula is C23H28FN3O. The summed E-state index contributed by atoms with van der Waals surface area (Å²) in [6, 6.07) is 11.2. The van der Waals surface area contributed by atoms with Gasteiger partial charge in [0.05, 0.1) is 12.1 Å². The number of carbonyl (C=O) groups excluding carboxylic acids is 1. The molecule has 2 atom stereocenters. The van der Waals surface area contributed by atoms with Crippen LogP contribution < -0.4 is 4.90 Å². The van der Waals surface area contributed by atoms with Crippen LogP contribution in [0.15, 0.2) is 48.8 Å².